The van der Waals surface area contributed by atoms with E-state index in [2.05, 4.69) is 4.99 Å². The Morgan fingerprint density at radius 2 is 2.60 bits per heavy atom. The van der Waals surface area contributed by atoms with E-state index in [1.165, 1.54) is 6.42 Å². The van der Waals surface area contributed by atoms with E-state index in [1.807, 2.05) is 0 Å². The van der Waals surface area contributed by atoms with Gasteiger partial charge in [-0.1, -0.05) is 0 Å². The smallest absolute Gasteiger partial charge is 0.0959 e. The fraction of sp³-hybridized carbons (Fsp3) is 0.857. The molecule has 0 aromatic rings. The average molecular weight is 142 g/mol. The number of nitrogens with two attached hydrogens (primary N) is 1. The number of amidine groups is 1. The second-order valence-electron chi connectivity index (χ2n) is 2.55. The minimum atomic E-state index is 0.337. The molecule has 1 aliphatic heterocycles. The highest BCUT2D eigenvalue weighted by Crippen LogP contribution is 2.14. The van der Waals surface area contributed by atoms with Crippen molar-refractivity contribution in [2.75, 3.05) is 13.7 Å². The number of hydrogen-bond donors (Lipinski definition) is 1. The second kappa shape index (κ2) is 3.56. The molecule has 0 aliphatic carbocycles. The third-order valence-corrected chi connectivity index (χ3v) is 1.75. The highest BCUT2D eigenvalue weighted by molar-refractivity contribution is 5.80. The molecular weight excluding hydrogens is 128 g/mol. The van der Waals surface area contributed by atoms with E-state index in [9.17, 15) is 0 Å². The second-order valence-corrected chi connectivity index (χ2v) is 2.55. The van der Waals surface area contributed by atoms with Gasteiger partial charge >= 0.3 is 0 Å². The summed E-state index contributed by atoms with van der Waals surface area (Å²) in [4.78, 5) is 3.87. The molecule has 3 nitrogen and oxygen atoms in total. The van der Waals surface area contributed by atoms with Gasteiger partial charge in [0.15, 0.2) is 0 Å². The predicted molar refractivity (Wildman–Crippen MR) is 41.1 cm³/mol. The molecule has 0 bridgehead atoms. The zero-order chi connectivity index (χ0) is 7.40. The Morgan fingerprint density at radius 3 is 3.10 bits per heavy atom. The van der Waals surface area contributed by atoms with Crippen molar-refractivity contribution >= 4 is 5.84 Å². The predicted octanol–water partition coefficient (Wildman–Crippen LogP) is 0.542. The average Bonchev–Trinajstić information content (AvgIpc) is 2.40. The summed E-state index contributed by atoms with van der Waals surface area (Å²) in [7, 11) is 1.71. The maximum Gasteiger partial charge on any atom is 0.0959 e. The summed E-state index contributed by atoms with van der Waals surface area (Å²) in [6.07, 6.45) is 3.44. The van der Waals surface area contributed by atoms with E-state index in [-0.39, 0.29) is 0 Å². The quantitative estimate of drug-likeness (QED) is 0.452. The van der Waals surface area contributed by atoms with Crippen LogP contribution in [-0.2, 0) is 4.74 Å². The third-order valence-electron chi connectivity index (χ3n) is 1.75. The zero-order valence-corrected chi connectivity index (χ0v) is 6.34. The monoisotopic (exact) mass is 142 g/mol. The van der Waals surface area contributed by atoms with Crippen molar-refractivity contribution in [2.45, 2.75) is 25.4 Å². The lowest BCUT2D eigenvalue weighted by Crippen LogP contribution is -2.19. The first-order valence-electron chi connectivity index (χ1n) is 3.65. The summed E-state index contributed by atoms with van der Waals surface area (Å²) in [5.74, 6) is 0.701. The molecule has 10 heavy (non-hydrogen) atoms. The van der Waals surface area contributed by atoms with E-state index in [4.69, 9.17) is 10.5 Å². The molecule has 0 spiro atoms. The molecule has 3 heteroatoms. The van der Waals surface area contributed by atoms with Crippen LogP contribution in [0.3, 0.4) is 0 Å². The van der Waals surface area contributed by atoms with Crippen LogP contribution in [0.15, 0.2) is 4.99 Å². The molecule has 1 unspecified atom stereocenters. The molecule has 0 aromatic heterocycles. The van der Waals surface area contributed by atoms with Crippen molar-refractivity contribution in [3.05, 3.63) is 0 Å². The Morgan fingerprint density at radius 1 is 1.80 bits per heavy atom. The number of ether oxygens (including phenoxy) is 1. The number of hydrogen-bond acceptors (Lipinski definition) is 2. The van der Waals surface area contributed by atoms with Gasteiger partial charge in [-0.25, -0.2) is 0 Å². The van der Waals surface area contributed by atoms with Crippen LogP contribution in [0, 0.1) is 0 Å². The first kappa shape index (κ1) is 7.54. The lowest BCUT2D eigenvalue weighted by Gasteiger charge is -2.06. The number of nitrogens with zero attached hydrogens (tertiary/aromatic N) is 1. The summed E-state index contributed by atoms with van der Waals surface area (Å²) in [6.45, 7) is 0.891. The highest BCUT2D eigenvalue weighted by atomic mass is 16.5. The Bertz CT molecular complexity index is 128. The van der Waals surface area contributed by atoms with Gasteiger partial charge in [-0.3, -0.25) is 4.99 Å². The molecule has 0 amide bonds. The first-order chi connectivity index (χ1) is 4.83. The van der Waals surface area contributed by atoms with Crippen LogP contribution < -0.4 is 5.73 Å². The van der Waals surface area contributed by atoms with E-state index in [1.54, 1.807) is 7.05 Å². The van der Waals surface area contributed by atoms with Crippen LogP contribution in [0.2, 0.25) is 0 Å². The SMILES string of the molecule is CN=C(N)CC1CCCO1. The molecule has 0 radical (unpaired) electrons. The van der Waals surface area contributed by atoms with Crippen LogP contribution >= 0.6 is 0 Å². The van der Waals surface area contributed by atoms with Gasteiger partial charge in [-0.2, -0.15) is 0 Å². The lowest BCUT2D eigenvalue weighted by molar-refractivity contribution is 0.116. The fourth-order valence-corrected chi connectivity index (χ4v) is 1.13. The van der Waals surface area contributed by atoms with Gasteiger partial charge in [0, 0.05) is 20.1 Å². The zero-order valence-electron chi connectivity index (χ0n) is 6.34. The molecule has 0 aromatic carbocycles. The fourth-order valence-electron chi connectivity index (χ4n) is 1.13. The van der Waals surface area contributed by atoms with Gasteiger partial charge < -0.3 is 10.5 Å². The van der Waals surface area contributed by atoms with Gasteiger partial charge in [0.1, 0.15) is 0 Å². The Kier molecular flexibility index (Phi) is 2.68. The summed E-state index contributed by atoms with van der Waals surface area (Å²) < 4.78 is 5.36. The maximum atomic E-state index is 5.52. The molecule has 0 saturated carbocycles. The van der Waals surface area contributed by atoms with Gasteiger partial charge in [0.2, 0.25) is 0 Å². The van der Waals surface area contributed by atoms with Crippen LogP contribution in [0.4, 0.5) is 0 Å². The molecule has 1 rings (SSSR count). The Hall–Kier alpha value is -0.570. The van der Waals surface area contributed by atoms with Crippen LogP contribution in [0.5, 0.6) is 0 Å². The Labute approximate surface area is 61.3 Å². The van der Waals surface area contributed by atoms with Crippen molar-refractivity contribution < 1.29 is 4.74 Å². The van der Waals surface area contributed by atoms with E-state index >= 15 is 0 Å². The minimum absolute atomic E-state index is 0.337. The summed E-state index contributed by atoms with van der Waals surface area (Å²) in [5, 5.41) is 0. The normalized spacial score (nSPS) is 27.3. The molecule has 2 N–H and O–H groups in total. The largest absolute Gasteiger partial charge is 0.387 e. The molecule has 58 valence electrons. The lowest BCUT2D eigenvalue weighted by atomic mass is 10.2. The van der Waals surface area contributed by atoms with Crippen LogP contribution in [0.1, 0.15) is 19.3 Å². The summed E-state index contributed by atoms with van der Waals surface area (Å²) >= 11 is 0. The molecule has 1 fully saturated rings. The van der Waals surface area contributed by atoms with Gasteiger partial charge in [0.25, 0.3) is 0 Å². The molecule has 1 saturated heterocycles. The first-order valence-corrected chi connectivity index (χ1v) is 3.65. The standard InChI is InChI=1S/C7H14N2O/c1-9-7(8)5-6-3-2-4-10-6/h6H,2-5H2,1H3,(H2,8,9). The van der Waals surface area contributed by atoms with E-state index in [0.29, 0.717) is 11.9 Å². The van der Waals surface area contributed by atoms with Crippen LogP contribution in [-0.4, -0.2) is 25.6 Å². The van der Waals surface area contributed by atoms with Gasteiger partial charge in [-0.05, 0) is 12.8 Å². The molecule has 1 aliphatic rings. The summed E-state index contributed by atoms with van der Waals surface area (Å²) in [6, 6.07) is 0. The van der Waals surface area contributed by atoms with Crippen molar-refractivity contribution in [3.8, 4) is 0 Å². The number of aliphatic imine (C=N–C) groups is 1. The van der Waals surface area contributed by atoms with Gasteiger partial charge in [-0.15, -0.1) is 0 Å². The van der Waals surface area contributed by atoms with E-state index in [0.717, 1.165) is 19.4 Å². The van der Waals surface area contributed by atoms with E-state index < -0.39 is 0 Å². The van der Waals surface area contributed by atoms with Crippen molar-refractivity contribution in [3.63, 3.8) is 0 Å². The van der Waals surface area contributed by atoms with Crippen molar-refractivity contribution in [1.82, 2.24) is 0 Å². The molecule has 1 heterocycles. The number of rotatable bonds is 2. The summed E-state index contributed by atoms with van der Waals surface area (Å²) in [5.41, 5.74) is 5.52. The maximum absolute atomic E-state index is 5.52. The molecular formula is C7H14N2O. The van der Waals surface area contributed by atoms with Crippen LogP contribution in [0.25, 0.3) is 0 Å². The molecule has 1 atom stereocenters. The topological polar surface area (TPSA) is 47.6 Å². The highest BCUT2D eigenvalue weighted by Gasteiger charge is 2.15. The third kappa shape index (κ3) is 1.99. The van der Waals surface area contributed by atoms with Crippen molar-refractivity contribution in [1.29, 1.82) is 0 Å². The van der Waals surface area contributed by atoms with Crippen molar-refractivity contribution in [2.24, 2.45) is 10.7 Å². The Balaban J connectivity index is 2.24. The van der Waals surface area contributed by atoms with Gasteiger partial charge in [0.05, 0.1) is 11.9 Å². The minimum Gasteiger partial charge on any atom is -0.387 e.